The van der Waals surface area contributed by atoms with E-state index in [9.17, 15) is 14.7 Å². The maximum atomic E-state index is 12.3. The summed E-state index contributed by atoms with van der Waals surface area (Å²) in [7, 11) is 0. The second kappa shape index (κ2) is 6.07. The zero-order chi connectivity index (χ0) is 14.7. The van der Waals surface area contributed by atoms with Crippen LogP contribution in [-0.4, -0.2) is 17.0 Å². The van der Waals surface area contributed by atoms with Gasteiger partial charge in [0.15, 0.2) is 0 Å². The van der Waals surface area contributed by atoms with Gasteiger partial charge < -0.3 is 10.4 Å². The van der Waals surface area contributed by atoms with E-state index in [0.29, 0.717) is 12.8 Å². The summed E-state index contributed by atoms with van der Waals surface area (Å²) in [5.74, 6) is -1.98. The number of rotatable bonds is 3. The minimum absolute atomic E-state index is 0.163. The van der Waals surface area contributed by atoms with Gasteiger partial charge in [-0.05, 0) is 38.3 Å². The van der Waals surface area contributed by atoms with Gasteiger partial charge in [-0.1, -0.05) is 30.5 Å². The van der Waals surface area contributed by atoms with Crippen molar-refractivity contribution in [1.82, 2.24) is 0 Å². The molecule has 20 heavy (non-hydrogen) atoms. The Bertz CT molecular complexity index is 524. The number of carbonyl (C=O) groups is 2. The van der Waals surface area contributed by atoms with Gasteiger partial charge in [0.1, 0.15) is 0 Å². The van der Waals surface area contributed by atoms with Crippen molar-refractivity contribution in [3.63, 3.8) is 0 Å². The Balaban J connectivity index is 2.12. The number of hydrogen-bond acceptors (Lipinski definition) is 2. The van der Waals surface area contributed by atoms with Crippen molar-refractivity contribution in [2.75, 3.05) is 5.32 Å². The Morgan fingerprint density at radius 1 is 1.15 bits per heavy atom. The van der Waals surface area contributed by atoms with Gasteiger partial charge >= 0.3 is 5.97 Å². The lowest BCUT2D eigenvalue weighted by atomic mass is 9.78. The van der Waals surface area contributed by atoms with Crippen molar-refractivity contribution in [3.05, 3.63) is 29.3 Å². The number of carboxylic acids is 1. The van der Waals surface area contributed by atoms with E-state index in [2.05, 4.69) is 5.32 Å². The molecule has 2 rings (SSSR count). The average molecular weight is 275 g/mol. The minimum atomic E-state index is -0.856. The topological polar surface area (TPSA) is 66.4 Å². The molecule has 4 nitrogen and oxygen atoms in total. The molecule has 1 saturated carbocycles. The van der Waals surface area contributed by atoms with Crippen LogP contribution in [0.5, 0.6) is 0 Å². The number of aryl methyl sites for hydroxylation is 2. The van der Waals surface area contributed by atoms with Crippen LogP contribution in [0.1, 0.15) is 36.8 Å². The molecule has 1 aliphatic carbocycles. The molecule has 1 aromatic rings. The molecule has 1 amide bonds. The zero-order valence-electron chi connectivity index (χ0n) is 12.0. The molecule has 0 unspecified atom stereocenters. The Labute approximate surface area is 119 Å². The van der Waals surface area contributed by atoms with Crippen molar-refractivity contribution in [1.29, 1.82) is 0 Å². The molecule has 0 saturated heterocycles. The number of anilines is 1. The first-order valence-corrected chi connectivity index (χ1v) is 7.10. The number of benzene rings is 1. The van der Waals surface area contributed by atoms with Gasteiger partial charge in [0.25, 0.3) is 0 Å². The first-order chi connectivity index (χ1) is 9.49. The summed E-state index contributed by atoms with van der Waals surface area (Å²) in [5.41, 5.74) is 2.91. The second-order valence-electron chi connectivity index (χ2n) is 5.64. The third kappa shape index (κ3) is 3.18. The molecule has 0 aromatic heterocycles. The molecule has 1 aliphatic rings. The highest BCUT2D eigenvalue weighted by Crippen LogP contribution is 2.31. The van der Waals surface area contributed by atoms with Gasteiger partial charge in [-0.25, -0.2) is 0 Å². The summed E-state index contributed by atoms with van der Waals surface area (Å²) in [5, 5.41) is 12.1. The maximum absolute atomic E-state index is 12.3. The Morgan fingerprint density at radius 3 is 2.40 bits per heavy atom. The lowest BCUT2D eigenvalue weighted by Crippen LogP contribution is -2.36. The van der Waals surface area contributed by atoms with Crippen molar-refractivity contribution < 1.29 is 14.7 Å². The van der Waals surface area contributed by atoms with Crippen LogP contribution < -0.4 is 5.32 Å². The number of aliphatic carboxylic acids is 1. The summed E-state index contributed by atoms with van der Waals surface area (Å²) >= 11 is 0. The smallest absolute Gasteiger partial charge is 0.307 e. The standard InChI is InChI=1S/C16H21NO3/c1-10-7-8-14(11(2)9-10)17-15(18)12-5-3-4-6-13(12)16(19)20/h7-9,12-13H,3-6H2,1-2H3,(H,17,18)(H,19,20)/t12-,13+/m0/s1. The molecule has 2 atom stereocenters. The Morgan fingerprint density at radius 2 is 1.80 bits per heavy atom. The molecular formula is C16H21NO3. The van der Waals surface area contributed by atoms with Crippen LogP contribution in [0.3, 0.4) is 0 Å². The Kier molecular flexibility index (Phi) is 4.42. The molecule has 1 aromatic carbocycles. The van der Waals surface area contributed by atoms with Gasteiger partial charge in [-0.3, -0.25) is 9.59 Å². The van der Waals surface area contributed by atoms with Crippen LogP contribution in [0.15, 0.2) is 18.2 Å². The lowest BCUT2D eigenvalue weighted by Gasteiger charge is -2.27. The largest absolute Gasteiger partial charge is 0.481 e. The fourth-order valence-electron chi connectivity index (χ4n) is 2.92. The molecule has 2 N–H and O–H groups in total. The van der Waals surface area contributed by atoms with Gasteiger partial charge in [-0.2, -0.15) is 0 Å². The SMILES string of the molecule is Cc1ccc(NC(=O)[C@H]2CCCC[C@H]2C(=O)O)c(C)c1. The summed E-state index contributed by atoms with van der Waals surface area (Å²) in [6, 6.07) is 5.82. The quantitative estimate of drug-likeness (QED) is 0.890. The van der Waals surface area contributed by atoms with Gasteiger partial charge in [0, 0.05) is 5.69 Å². The van der Waals surface area contributed by atoms with E-state index in [0.717, 1.165) is 29.7 Å². The van der Waals surface area contributed by atoms with Crippen molar-refractivity contribution >= 4 is 17.6 Å². The van der Waals surface area contributed by atoms with Crippen LogP contribution in [0, 0.1) is 25.7 Å². The van der Waals surface area contributed by atoms with E-state index in [-0.39, 0.29) is 5.91 Å². The molecule has 1 fully saturated rings. The molecular weight excluding hydrogens is 254 g/mol. The summed E-state index contributed by atoms with van der Waals surface area (Å²) in [6.45, 7) is 3.94. The highest BCUT2D eigenvalue weighted by atomic mass is 16.4. The Hall–Kier alpha value is -1.84. The highest BCUT2D eigenvalue weighted by molar-refractivity contribution is 5.95. The van der Waals surface area contributed by atoms with Crippen LogP contribution in [0.2, 0.25) is 0 Å². The summed E-state index contributed by atoms with van der Waals surface area (Å²) < 4.78 is 0. The number of nitrogens with one attached hydrogen (secondary N) is 1. The average Bonchev–Trinajstić information content (AvgIpc) is 2.41. The fraction of sp³-hybridized carbons (Fsp3) is 0.500. The normalized spacial score (nSPS) is 22.3. The van der Waals surface area contributed by atoms with Crippen molar-refractivity contribution in [2.24, 2.45) is 11.8 Å². The minimum Gasteiger partial charge on any atom is -0.481 e. The summed E-state index contributed by atoms with van der Waals surface area (Å²) in [6.07, 6.45) is 3.08. The maximum Gasteiger partial charge on any atom is 0.307 e. The van der Waals surface area contributed by atoms with E-state index < -0.39 is 17.8 Å². The lowest BCUT2D eigenvalue weighted by molar-refractivity contribution is -0.147. The first kappa shape index (κ1) is 14.6. The fourth-order valence-corrected chi connectivity index (χ4v) is 2.92. The van der Waals surface area contributed by atoms with Crippen LogP contribution >= 0.6 is 0 Å². The molecule has 108 valence electrons. The molecule has 0 spiro atoms. The van der Waals surface area contributed by atoms with Crippen molar-refractivity contribution in [2.45, 2.75) is 39.5 Å². The van der Waals surface area contributed by atoms with Crippen molar-refractivity contribution in [3.8, 4) is 0 Å². The summed E-state index contributed by atoms with van der Waals surface area (Å²) in [4.78, 5) is 23.6. The van der Waals surface area contributed by atoms with E-state index in [1.165, 1.54) is 0 Å². The van der Waals surface area contributed by atoms with Crippen LogP contribution in [0.4, 0.5) is 5.69 Å². The van der Waals surface area contributed by atoms with Gasteiger partial charge in [0.2, 0.25) is 5.91 Å². The van der Waals surface area contributed by atoms with Crippen LogP contribution in [0.25, 0.3) is 0 Å². The van der Waals surface area contributed by atoms with E-state index >= 15 is 0 Å². The number of carbonyl (C=O) groups excluding carboxylic acids is 1. The molecule has 0 bridgehead atoms. The number of hydrogen-bond donors (Lipinski definition) is 2. The van der Waals surface area contributed by atoms with E-state index in [1.54, 1.807) is 0 Å². The molecule has 0 radical (unpaired) electrons. The number of carboxylic acid groups (broad SMARTS) is 1. The predicted octanol–water partition coefficient (Wildman–Crippen LogP) is 3.13. The van der Waals surface area contributed by atoms with Gasteiger partial charge in [-0.15, -0.1) is 0 Å². The molecule has 0 aliphatic heterocycles. The predicted molar refractivity (Wildman–Crippen MR) is 77.6 cm³/mol. The van der Waals surface area contributed by atoms with Gasteiger partial charge in [0.05, 0.1) is 11.8 Å². The molecule has 4 heteroatoms. The first-order valence-electron chi connectivity index (χ1n) is 7.10. The highest BCUT2D eigenvalue weighted by Gasteiger charge is 2.35. The zero-order valence-corrected chi connectivity index (χ0v) is 12.0. The van der Waals surface area contributed by atoms with E-state index in [1.807, 2.05) is 32.0 Å². The van der Waals surface area contributed by atoms with Crippen LogP contribution in [-0.2, 0) is 9.59 Å². The third-order valence-corrected chi connectivity index (χ3v) is 4.06. The second-order valence-corrected chi connectivity index (χ2v) is 5.64. The monoisotopic (exact) mass is 275 g/mol. The number of amides is 1. The third-order valence-electron chi connectivity index (χ3n) is 4.06. The van der Waals surface area contributed by atoms with E-state index in [4.69, 9.17) is 0 Å². The molecule has 0 heterocycles.